The molecular weight excluding hydrogens is 344 g/mol. The van der Waals surface area contributed by atoms with Crippen molar-refractivity contribution in [3.05, 3.63) is 34.9 Å². The predicted octanol–water partition coefficient (Wildman–Crippen LogP) is 3.12. The number of halogens is 1. The van der Waals surface area contributed by atoms with Gasteiger partial charge in [0.2, 0.25) is 5.91 Å². The third-order valence-electron chi connectivity index (χ3n) is 4.63. The second kappa shape index (κ2) is 9.09. The van der Waals surface area contributed by atoms with Gasteiger partial charge in [-0.2, -0.15) is 0 Å². The van der Waals surface area contributed by atoms with Crippen molar-refractivity contribution in [1.82, 2.24) is 10.2 Å². The Kier molecular flexibility index (Phi) is 6.84. The molecule has 2 saturated heterocycles. The fourth-order valence-electron chi connectivity index (χ4n) is 3.33. The number of carbonyl (C=O) groups excluding carboxylic acids is 1. The minimum atomic E-state index is 0.0199. The average molecular weight is 369 g/mol. The van der Waals surface area contributed by atoms with Crippen LogP contribution in [0.5, 0.6) is 0 Å². The van der Waals surface area contributed by atoms with Crippen LogP contribution in [0.15, 0.2) is 24.3 Å². The Balaban J connectivity index is 1.56. The van der Waals surface area contributed by atoms with Crippen LogP contribution < -0.4 is 5.32 Å². The molecule has 4 nitrogen and oxygen atoms in total. The summed E-state index contributed by atoms with van der Waals surface area (Å²) in [6.07, 6.45) is 3.85. The van der Waals surface area contributed by atoms with E-state index in [1.807, 2.05) is 29.2 Å². The van der Waals surface area contributed by atoms with E-state index in [-0.39, 0.29) is 11.9 Å². The quantitative estimate of drug-likeness (QED) is 0.867. The van der Waals surface area contributed by atoms with Gasteiger partial charge in [-0.3, -0.25) is 4.79 Å². The Morgan fingerprint density at radius 2 is 2.25 bits per heavy atom. The smallest absolute Gasteiger partial charge is 0.233 e. The molecule has 1 N–H and O–H groups in total. The molecule has 0 saturated carbocycles. The summed E-state index contributed by atoms with van der Waals surface area (Å²) in [6.45, 7) is 3.19. The minimum absolute atomic E-state index is 0.0199. The zero-order valence-electron chi connectivity index (χ0n) is 13.9. The molecule has 1 aromatic rings. The number of nitrogens with zero attached hydrogens (tertiary/aromatic N) is 1. The van der Waals surface area contributed by atoms with Crippen LogP contribution in [0, 0.1) is 0 Å². The molecule has 1 aromatic carbocycles. The molecule has 0 aromatic heterocycles. The minimum Gasteiger partial charge on any atom is -0.377 e. The summed E-state index contributed by atoms with van der Waals surface area (Å²) in [4.78, 5) is 14.7. The van der Waals surface area contributed by atoms with Gasteiger partial charge in [0.1, 0.15) is 0 Å². The van der Waals surface area contributed by atoms with E-state index in [4.69, 9.17) is 16.3 Å². The zero-order valence-corrected chi connectivity index (χ0v) is 15.5. The van der Waals surface area contributed by atoms with Crippen LogP contribution in [0.4, 0.5) is 0 Å². The number of thioether (sulfide) groups is 1. The molecule has 24 heavy (non-hydrogen) atoms. The highest BCUT2D eigenvalue weighted by molar-refractivity contribution is 7.99. The van der Waals surface area contributed by atoms with Gasteiger partial charge < -0.3 is 15.0 Å². The highest BCUT2D eigenvalue weighted by Gasteiger charge is 2.29. The highest BCUT2D eigenvalue weighted by atomic mass is 35.5. The van der Waals surface area contributed by atoms with Crippen LogP contribution in [0.1, 0.15) is 30.9 Å². The predicted molar refractivity (Wildman–Crippen MR) is 99.7 cm³/mol. The van der Waals surface area contributed by atoms with Crippen LogP contribution in [-0.4, -0.2) is 54.7 Å². The van der Waals surface area contributed by atoms with Crippen molar-refractivity contribution in [1.29, 1.82) is 0 Å². The second-order valence-electron chi connectivity index (χ2n) is 6.33. The van der Waals surface area contributed by atoms with Gasteiger partial charge in [0, 0.05) is 37.0 Å². The van der Waals surface area contributed by atoms with Crippen LogP contribution in [0.2, 0.25) is 5.02 Å². The molecule has 132 valence electrons. The fraction of sp³-hybridized carbons (Fsp3) is 0.611. The fourth-order valence-corrected chi connectivity index (χ4v) is 4.57. The lowest BCUT2D eigenvalue weighted by Gasteiger charge is -2.37. The van der Waals surface area contributed by atoms with Crippen molar-refractivity contribution in [2.75, 3.05) is 37.7 Å². The summed E-state index contributed by atoms with van der Waals surface area (Å²) >= 11 is 8.04. The summed E-state index contributed by atoms with van der Waals surface area (Å²) in [5.41, 5.74) is 1.03. The van der Waals surface area contributed by atoms with Crippen LogP contribution in [0.25, 0.3) is 0 Å². The molecule has 2 aliphatic heterocycles. The first kappa shape index (κ1) is 18.1. The van der Waals surface area contributed by atoms with Crippen LogP contribution in [0.3, 0.4) is 0 Å². The van der Waals surface area contributed by atoms with E-state index < -0.39 is 0 Å². The largest absolute Gasteiger partial charge is 0.377 e. The zero-order chi connectivity index (χ0) is 16.8. The lowest BCUT2D eigenvalue weighted by Crippen LogP contribution is -2.49. The highest BCUT2D eigenvalue weighted by Crippen LogP contribution is 2.29. The number of benzene rings is 1. The van der Waals surface area contributed by atoms with Gasteiger partial charge in [0.05, 0.1) is 17.9 Å². The van der Waals surface area contributed by atoms with Crippen molar-refractivity contribution in [2.45, 2.75) is 31.4 Å². The van der Waals surface area contributed by atoms with Crippen LogP contribution >= 0.6 is 23.4 Å². The number of nitrogens with one attached hydrogen (secondary N) is 1. The molecule has 0 bridgehead atoms. The first-order chi connectivity index (χ1) is 11.8. The van der Waals surface area contributed by atoms with Crippen molar-refractivity contribution in [2.24, 2.45) is 0 Å². The average Bonchev–Trinajstić information content (AvgIpc) is 2.63. The Bertz CT molecular complexity index is 552. The van der Waals surface area contributed by atoms with E-state index in [9.17, 15) is 4.79 Å². The summed E-state index contributed by atoms with van der Waals surface area (Å²) < 4.78 is 5.74. The van der Waals surface area contributed by atoms with Gasteiger partial charge in [0.25, 0.3) is 0 Å². The molecule has 2 unspecified atom stereocenters. The standard InChI is InChI=1S/C18H25ClN2O2S/c19-16-7-2-1-6-15(16)17-11-20-8-9-21(17)18(22)13-24-12-14-5-3-4-10-23-14/h1-2,6-7,14,17,20H,3-5,8-13H2. The molecule has 2 fully saturated rings. The van der Waals surface area contributed by atoms with Gasteiger partial charge in [0.15, 0.2) is 0 Å². The summed E-state index contributed by atoms with van der Waals surface area (Å²) in [5, 5.41) is 4.10. The van der Waals surface area contributed by atoms with Gasteiger partial charge in [-0.25, -0.2) is 0 Å². The molecule has 3 rings (SSSR count). The molecule has 0 radical (unpaired) electrons. The Hall–Kier alpha value is -0.750. The first-order valence-corrected chi connectivity index (χ1v) is 10.2. The van der Waals surface area contributed by atoms with E-state index >= 15 is 0 Å². The second-order valence-corrected chi connectivity index (χ2v) is 7.77. The van der Waals surface area contributed by atoms with E-state index in [1.54, 1.807) is 11.8 Å². The number of carbonyl (C=O) groups is 1. The SMILES string of the molecule is O=C(CSCC1CCCCO1)N1CCNCC1c1ccccc1Cl. The number of hydrogen-bond acceptors (Lipinski definition) is 4. The normalized spacial score (nSPS) is 24.8. The van der Waals surface area contributed by atoms with Crippen molar-refractivity contribution in [3.63, 3.8) is 0 Å². The van der Waals surface area contributed by atoms with Crippen molar-refractivity contribution in [3.8, 4) is 0 Å². The molecule has 0 spiro atoms. The van der Waals surface area contributed by atoms with E-state index in [0.29, 0.717) is 11.9 Å². The molecule has 6 heteroatoms. The number of piperazine rings is 1. The molecule has 0 aliphatic carbocycles. The topological polar surface area (TPSA) is 41.6 Å². The van der Waals surface area contributed by atoms with Gasteiger partial charge in [-0.05, 0) is 30.9 Å². The maximum atomic E-state index is 12.7. The number of ether oxygens (including phenoxy) is 1. The number of amides is 1. The molecular formula is C18H25ClN2O2S. The molecule has 2 heterocycles. The first-order valence-electron chi connectivity index (χ1n) is 8.69. The van der Waals surface area contributed by atoms with Gasteiger partial charge in [-0.1, -0.05) is 29.8 Å². The maximum Gasteiger partial charge on any atom is 0.233 e. The number of rotatable bonds is 5. The lowest BCUT2D eigenvalue weighted by molar-refractivity contribution is -0.131. The van der Waals surface area contributed by atoms with E-state index in [1.165, 1.54) is 12.8 Å². The van der Waals surface area contributed by atoms with Crippen LogP contribution in [-0.2, 0) is 9.53 Å². The summed E-state index contributed by atoms with van der Waals surface area (Å²) in [5.74, 6) is 1.62. The van der Waals surface area contributed by atoms with E-state index in [0.717, 1.165) is 49.0 Å². The Morgan fingerprint density at radius 1 is 1.38 bits per heavy atom. The summed E-state index contributed by atoms with van der Waals surface area (Å²) in [6, 6.07) is 7.83. The Morgan fingerprint density at radius 3 is 3.04 bits per heavy atom. The lowest BCUT2D eigenvalue weighted by atomic mass is 10.0. The molecule has 1 amide bonds. The third-order valence-corrected chi connectivity index (χ3v) is 6.03. The Labute approximate surface area is 153 Å². The molecule has 2 aliphatic rings. The maximum absolute atomic E-state index is 12.7. The van der Waals surface area contributed by atoms with Crippen molar-refractivity contribution < 1.29 is 9.53 Å². The van der Waals surface area contributed by atoms with Gasteiger partial charge >= 0.3 is 0 Å². The number of hydrogen-bond donors (Lipinski definition) is 1. The summed E-state index contributed by atoms with van der Waals surface area (Å²) in [7, 11) is 0. The monoisotopic (exact) mass is 368 g/mol. The molecule has 2 atom stereocenters. The van der Waals surface area contributed by atoms with E-state index in [2.05, 4.69) is 5.32 Å². The van der Waals surface area contributed by atoms with Gasteiger partial charge in [-0.15, -0.1) is 11.8 Å². The van der Waals surface area contributed by atoms with Crippen molar-refractivity contribution >= 4 is 29.3 Å². The third kappa shape index (κ3) is 4.66.